The van der Waals surface area contributed by atoms with Crippen LogP contribution >= 0.6 is 0 Å². The van der Waals surface area contributed by atoms with Gasteiger partial charge < -0.3 is 4.74 Å². The number of nitrogens with one attached hydrogen (secondary N) is 1. The van der Waals surface area contributed by atoms with Crippen LogP contribution in [0, 0.1) is 0 Å². The SMILES string of the molecule is C=CCN(C=O)NC(=O)OCCCC. The maximum absolute atomic E-state index is 11.0. The first-order valence-electron chi connectivity index (χ1n) is 4.50. The Bertz CT molecular complexity index is 194. The van der Waals surface area contributed by atoms with Gasteiger partial charge in [-0.3, -0.25) is 9.80 Å². The smallest absolute Gasteiger partial charge is 0.426 e. The lowest BCUT2D eigenvalue weighted by molar-refractivity contribution is -0.120. The Morgan fingerprint density at radius 2 is 2.36 bits per heavy atom. The third kappa shape index (κ3) is 6.05. The van der Waals surface area contributed by atoms with Gasteiger partial charge in [0.25, 0.3) is 0 Å². The van der Waals surface area contributed by atoms with Crippen molar-refractivity contribution in [1.29, 1.82) is 0 Å². The van der Waals surface area contributed by atoms with Gasteiger partial charge in [-0.1, -0.05) is 19.4 Å². The third-order valence-electron chi connectivity index (χ3n) is 1.42. The van der Waals surface area contributed by atoms with Crippen molar-refractivity contribution in [3.63, 3.8) is 0 Å². The van der Waals surface area contributed by atoms with Crippen LogP contribution in [0.3, 0.4) is 0 Å². The Balaban J connectivity index is 3.67. The van der Waals surface area contributed by atoms with Crippen LogP contribution in [0.1, 0.15) is 19.8 Å². The van der Waals surface area contributed by atoms with Crippen LogP contribution in [-0.2, 0) is 9.53 Å². The molecular weight excluding hydrogens is 184 g/mol. The number of unbranched alkanes of at least 4 members (excludes halogenated alkanes) is 1. The van der Waals surface area contributed by atoms with Gasteiger partial charge in [0, 0.05) is 0 Å². The molecule has 80 valence electrons. The molecule has 0 radical (unpaired) electrons. The average molecular weight is 200 g/mol. The van der Waals surface area contributed by atoms with Gasteiger partial charge >= 0.3 is 6.09 Å². The summed E-state index contributed by atoms with van der Waals surface area (Å²) in [5.41, 5.74) is 2.26. The second-order valence-corrected chi connectivity index (χ2v) is 2.65. The predicted octanol–water partition coefficient (Wildman–Crippen LogP) is 1.07. The first-order chi connectivity index (χ1) is 6.74. The largest absolute Gasteiger partial charge is 0.448 e. The van der Waals surface area contributed by atoms with Gasteiger partial charge in [0.1, 0.15) is 0 Å². The van der Waals surface area contributed by atoms with Gasteiger partial charge in [0.15, 0.2) is 0 Å². The van der Waals surface area contributed by atoms with E-state index in [1.165, 1.54) is 6.08 Å². The Hall–Kier alpha value is -1.52. The van der Waals surface area contributed by atoms with E-state index in [4.69, 9.17) is 4.74 Å². The molecule has 5 heteroatoms. The lowest BCUT2D eigenvalue weighted by Crippen LogP contribution is -2.41. The van der Waals surface area contributed by atoms with Crippen LogP contribution in [0.15, 0.2) is 12.7 Å². The van der Waals surface area contributed by atoms with Crippen molar-refractivity contribution in [2.75, 3.05) is 13.2 Å². The highest BCUT2D eigenvalue weighted by molar-refractivity contribution is 5.68. The van der Waals surface area contributed by atoms with Crippen LogP contribution in [0.2, 0.25) is 0 Å². The van der Waals surface area contributed by atoms with Crippen molar-refractivity contribution in [2.45, 2.75) is 19.8 Å². The van der Waals surface area contributed by atoms with Crippen LogP contribution < -0.4 is 5.43 Å². The summed E-state index contributed by atoms with van der Waals surface area (Å²) in [6.45, 7) is 6.06. The zero-order valence-electron chi connectivity index (χ0n) is 8.36. The quantitative estimate of drug-likeness (QED) is 0.289. The van der Waals surface area contributed by atoms with Crippen molar-refractivity contribution in [3.8, 4) is 0 Å². The summed E-state index contributed by atoms with van der Waals surface area (Å²) in [5.74, 6) is 0. The second kappa shape index (κ2) is 8.10. The van der Waals surface area contributed by atoms with Crippen molar-refractivity contribution < 1.29 is 14.3 Å². The van der Waals surface area contributed by atoms with E-state index in [9.17, 15) is 9.59 Å². The molecule has 0 unspecified atom stereocenters. The topological polar surface area (TPSA) is 58.6 Å². The monoisotopic (exact) mass is 200 g/mol. The fraction of sp³-hybridized carbons (Fsp3) is 0.556. The molecular formula is C9H16N2O3. The van der Waals surface area contributed by atoms with Crippen LogP contribution in [0.25, 0.3) is 0 Å². The number of hydrazine groups is 1. The summed E-state index contributed by atoms with van der Waals surface area (Å²) in [6.07, 6.45) is 3.16. The zero-order valence-corrected chi connectivity index (χ0v) is 8.36. The van der Waals surface area contributed by atoms with Gasteiger partial charge in [0.05, 0.1) is 13.2 Å². The number of carbonyl (C=O) groups excluding carboxylic acids is 2. The molecule has 0 aromatic heterocycles. The number of ether oxygens (including phenoxy) is 1. The minimum absolute atomic E-state index is 0.256. The number of nitrogens with zero attached hydrogens (tertiary/aromatic N) is 1. The van der Waals surface area contributed by atoms with Crippen molar-refractivity contribution in [1.82, 2.24) is 10.4 Å². The molecule has 0 heterocycles. The van der Waals surface area contributed by atoms with E-state index >= 15 is 0 Å². The molecule has 0 aliphatic heterocycles. The molecule has 0 rings (SSSR count). The summed E-state index contributed by atoms with van der Waals surface area (Å²) in [5, 5.41) is 1.06. The van der Waals surface area contributed by atoms with Crippen molar-refractivity contribution >= 4 is 12.5 Å². The first kappa shape index (κ1) is 12.5. The maximum Gasteiger partial charge on any atom is 0.426 e. The van der Waals surface area contributed by atoms with Crippen LogP contribution in [0.5, 0.6) is 0 Å². The highest BCUT2D eigenvalue weighted by Gasteiger charge is 2.05. The van der Waals surface area contributed by atoms with Gasteiger partial charge in [-0.05, 0) is 6.42 Å². The summed E-state index contributed by atoms with van der Waals surface area (Å²) in [7, 11) is 0. The number of amides is 2. The Morgan fingerprint density at radius 1 is 1.64 bits per heavy atom. The molecule has 0 atom stereocenters. The number of hydrogen-bond acceptors (Lipinski definition) is 3. The van der Waals surface area contributed by atoms with Gasteiger partial charge in [-0.15, -0.1) is 6.58 Å². The van der Waals surface area contributed by atoms with E-state index in [2.05, 4.69) is 12.0 Å². The second-order valence-electron chi connectivity index (χ2n) is 2.65. The molecule has 0 aromatic rings. The van der Waals surface area contributed by atoms with Crippen molar-refractivity contribution in [2.24, 2.45) is 0 Å². The summed E-state index contributed by atoms with van der Waals surface area (Å²) >= 11 is 0. The van der Waals surface area contributed by atoms with E-state index in [0.29, 0.717) is 13.0 Å². The minimum atomic E-state index is -0.618. The number of carbonyl (C=O) groups is 2. The van der Waals surface area contributed by atoms with Gasteiger partial charge in [-0.2, -0.15) is 0 Å². The van der Waals surface area contributed by atoms with E-state index < -0.39 is 6.09 Å². The fourth-order valence-electron chi connectivity index (χ4n) is 0.713. The molecule has 1 N–H and O–H groups in total. The highest BCUT2D eigenvalue weighted by Crippen LogP contribution is 1.89. The zero-order chi connectivity index (χ0) is 10.8. The van der Waals surface area contributed by atoms with E-state index in [-0.39, 0.29) is 6.54 Å². The molecule has 0 aromatic carbocycles. The van der Waals surface area contributed by atoms with E-state index in [1.807, 2.05) is 6.92 Å². The molecule has 14 heavy (non-hydrogen) atoms. The average Bonchev–Trinajstić information content (AvgIpc) is 2.17. The van der Waals surface area contributed by atoms with Gasteiger partial charge in [0.2, 0.25) is 6.41 Å². The molecule has 5 nitrogen and oxygen atoms in total. The Kier molecular flexibility index (Phi) is 7.22. The molecule has 0 saturated carbocycles. The lowest BCUT2D eigenvalue weighted by Gasteiger charge is -2.15. The normalized spacial score (nSPS) is 8.93. The minimum Gasteiger partial charge on any atom is -0.448 e. The van der Waals surface area contributed by atoms with Crippen LogP contribution in [0.4, 0.5) is 4.79 Å². The fourth-order valence-corrected chi connectivity index (χ4v) is 0.713. The standard InChI is InChI=1S/C9H16N2O3/c1-3-5-7-14-9(13)10-11(8-12)6-4-2/h4,8H,2-3,5-7H2,1H3,(H,10,13). The highest BCUT2D eigenvalue weighted by atomic mass is 16.6. The molecule has 2 amide bonds. The molecule has 0 aliphatic carbocycles. The molecule has 0 bridgehead atoms. The molecule has 0 fully saturated rings. The summed E-state index contributed by atoms with van der Waals surface area (Å²) < 4.78 is 4.78. The Morgan fingerprint density at radius 3 is 2.86 bits per heavy atom. The lowest BCUT2D eigenvalue weighted by atomic mass is 10.4. The summed E-state index contributed by atoms with van der Waals surface area (Å²) in [6, 6.07) is 0. The molecule has 0 aliphatic rings. The Labute approximate surface area is 83.7 Å². The number of hydrogen-bond donors (Lipinski definition) is 1. The maximum atomic E-state index is 11.0. The summed E-state index contributed by atoms with van der Waals surface area (Å²) in [4.78, 5) is 21.4. The predicted molar refractivity (Wildman–Crippen MR) is 52.4 cm³/mol. The third-order valence-corrected chi connectivity index (χ3v) is 1.42. The molecule has 0 spiro atoms. The number of rotatable bonds is 7. The van der Waals surface area contributed by atoms with E-state index in [1.54, 1.807) is 0 Å². The molecule has 0 saturated heterocycles. The van der Waals surface area contributed by atoms with E-state index in [0.717, 1.165) is 17.9 Å². The van der Waals surface area contributed by atoms with Crippen molar-refractivity contribution in [3.05, 3.63) is 12.7 Å². The first-order valence-corrected chi connectivity index (χ1v) is 4.50. The van der Waals surface area contributed by atoms with Crippen LogP contribution in [-0.4, -0.2) is 30.7 Å². The van der Waals surface area contributed by atoms with Gasteiger partial charge in [-0.25, -0.2) is 10.2 Å².